The van der Waals surface area contributed by atoms with E-state index in [4.69, 9.17) is 39.4 Å². The Balaban J connectivity index is 0.000000427. The minimum Gasteiger partial charge on any atom is -0.460 e. The van der Waals surface area contributed by atoms with Crippen LogP contribution < -0.4 is 0 Å². The lowest BCUT2D eigenvalue weighted by Crippen LogP contribution is -2.37. The van der Waals surface area contributed by atoms with Crippen LogP contribution in [0.15, 0.2) is 0 Å². The van der Waals surface area contributed by atoms with Crippen LogP contribution >= 0.6 is 0 Å². The highest BCUT2D eigenvalue weighted by Gasteiger charge is 2.37. The van der Waals surface area contributed by atoms with Crippen molar-refractivity contribution in [1.82, 2.24) is 0 Å². The van der Waals surface area contributed by atoms with Crippen molar-refractivity contribution < 1.29 is 58.6 Å². The highest BCUT2D eigenvalue weighted by molar-refractivity contribution is 5.75. The maximum Gasteiger partial charge on any atom is 0.334 e. The Bertz CT molecular complexity index is 1140. The molecular formula is C52H96O12. The van der Waals surface area contributed by atoms with E-state index in [0.29, 0.717) is 71.0 Å². The maximum atomic E-state index is 11.4. The number of hydrogen-bond acceptors (Lipinski definition) is 12. The zero-order valence-corrected chi connectivity index (χ0v) is 43.1. The third-order valence-electron chi connectivity index (χ3n) is 14.3. The van der Waals surface area contributed by atoms with Crippen molar-refractivity contribution in [1.29, 1.82) is 0 Å². The number of rotatable bonds is 12. The molecule has 4 rings (SSSR count). The lowest BCUT2D eigenvalue weighted by atomic mass is 9.75. The molecule has 4 fully saturated rings. The molecule has 12 nitrogen and oxygen atoms in total. The summed E-state index contributed by atoms with van der Waals surface area (Å²) in [6, 6.07) is 0. The van der Waals surface area contributed by atoms with E-state index in [2.05, 4.69) is 83.1 Å². The van der Waals surface area contributed by atoms with Gasteiger partial charge in [-0.15, -0.1) is 0 Å². The Hall–Kier alpha value is -2.28. The molecule has 6 unspecified atom stereocenters. The second-order valence-electron chi connectivity index (χ2n) is 21.9. The van der Waals surface area contributed by atoms with Crippen molar-refractivity contribution in [2.24, 2.45) is 71.0 Å². The molecular weight excluding hydrogens is 817 g/mol. The van der Waals surface area contributed by atoms with Crippen LogP contribution in [0.1, 0.15) is 188 Å². The second-order valence-corrected chi connectivity index (χ2v) is 21.9. The molecule has 0 amide bonds. The first-order valence-corrected chi connectivity index (χ1v) is 25.2. The molecule has 0 aromatic rings. The van der Waals surface area contributed by atoms with Crippen molar-refractivity contribution in [2.45, 2.75) is 237 Å². The van der Waals surface area contributed by atoms with Crippen LogP contribution in [0.2, 0.25) is 0 Å². The van der Waals surface area contributed by atoms with E-state index in [-0.39, 0.29) is 24.4 Å². The van der Waals surface area contributed by atoms with Gasteiger partial charge in [-0.2, -0.15) is 0 Å². The van der Waals surface area contributed by atoms with Gasteiger partial charge in [-0.05, 0) is 150 Å². The molecule has 0 aromatic heterocycles. The highest BCUT2D eigenvalue weighted by Crippen LogP contribution is 2.38. The van der Waals surface area contributed by atoms with Gasteiger partial charge in [0.2, 0.25) is 0 Å². The van der Waals surface area contributed by atoms with Crippen LogP contribution in [-0.2, 0) is 38.1 Å². The van der Waals surface area contributed by atoms with Gasteiger partial charge in [0, 0.05) is 0 Å². The first-order chi connectivity index (χ1) is 29.7. The molecule has 0 bridgehead atoms. The second kappa shape index (κ2) is 29.5. The first kappa shape index (κ1) is 59.7. The van der Waals surface area contributed by atoms with Crippen LogP contribution in [0.4, 0.5) is 0 Å². The Morgan fingerprint density at radius 1 is 0.328 bits per heavy atom. The van der Waals surface area contributed by atoms with E-state index in [1.165, 1.54) is 53.4 Å². The number of esters is 4. The van der Waals surface area contributed by atoms with E-state index in [1.54, 1.807) is 0 Å². The van der Waals surface area contributed by atoms with Crippen LogP contribution in [0.25, 0.3) is 0 Å². The summed E-state index contributed by atoms with van der Waals surface area (Å²) in [5.41, 5.74) is 0. The SMILES string of the molecule is CC(C)C1CC[C@H](C)C[C@@H]1OC(=O)[C@@H](C)O.CC(C)C1CC[C@H](C)C[C@@H]1OC(=O)[C@H](C)O.CC1CC[C@@H](C(C)C)C(OC(=O)[C@@H](C)O)C1.CC1CC[C@@H](C(C)C)C(OC(=O)[C@H](C)O)C1. The summed E-state index contributed by atoms with van der Waals surface area (Å²) < 4.78 is 21.6. The van der Waals surface area contributed by atoms with Gasteiger partial charge in [0.25, 0.3) is 0 Å². The molecule has 64 heavy (non-hydrogen) atoms. The molecule has 12 heteroatoms. The third kappa shape index (κ3) is 21.6. The molecule has 4 aliphatic carbocycles. The summed E-state index contributed by atoms with van der Waals surface area (Å²) in [6.07, 6.45) is 9.00. The summed E-state index contributed by atoms with van der Waals surface area (Å²) in [5, 5.41) is 36.7. The summed E-state index contributed by atoms with van der Waals surface area (Å²) in [7, 11) is 0. The molecule has 0 saturated heterocycles. The van der Waals surface area contributed by atoms with Gasteiger partial charge in [0.1, 0.15) is 48.8 Å². The first-order valence-electron chi connectivity index (χ1n) is 25.2. The molecule has 0 aromatic carbocycles. The number of carbonyl (C=O) groups is 4. The predicted octanol–water partition coefficient (Wildman–Crippen LogP) is 9.48. The van der Waals surface area contributed by atoms with Gasteiger partial charge in [-0.1, -0.05) is 109 Å². The molecule has 4 aliphatic rings. The standard InChI is InChI=1S/4C13H24O3/c4*1-8(2)11-6-5-9(3)7-12(11)16-13(15)10(4)14/h4*8-12,14H,5-7H2,1-4H3/t9?,10-,11+,12?;9?,10-,11-,12?;9-,10+,11?,12-;9-,10-,11?,12-/m1000/s1. The quantitative estimate of drug-likeness (QED) is 0.108. The van der Waals surface area contributed by atoms with Crippen molar-refractivity contribution in [3.05, 3.63) is 0 Å². The van der Waals surface area contributed by atoms with E-state index in [9.17, 15) is 19.2 Å². The Labute approximate surface area is 389 Å². The zero-order chi connectivity index (χ0) is 49.2. The maximum absolute atomic E-state index is 11.4. The van der Waals surface area contributed by atoms with Crippen molar-refractivity contribution in [3.63, 3.8) is 0 Å². The molecule has 0 spiro atoms. The minimum absolute atomic E-state index is 0.00847. The third-order valence-corrected chi connectivity index (χ3v) is 14.3. The van der Waals surface area contributed by atoms with Crippen LogP contribution in [0.5, 0.6) is 0 Å². The summed E-state index contributed by atoms with van der Waals surface area (Å²) in [6.45, 7) is 32.0. The number of hydrogen-bond donors (Lipinski definition) is 4. The van der Waals surface area contributed by atoms with Gasteiger partial charge < -0.3 is 39.4 Å². The molecule has 0 heterocycles. The number of carbonyl (C=O) groups excluding carboxylic acids is 4. The number of ether oxygens (including phenoxy) is 4. The fraction of sp³-hybridized carbons (Fsp3) is 0.923. The van der Waals surface area contributed by atoms with Crippen molar-refractivity contribution in [3.8, 4) is 0 Å². The van der Waals surface area contributed by atoms with Crippen LogP contribution in [-0.4, -0.2) is 93.1 Å². The van der Waals surface area contributed by atoms with Gasteiger partial charge in [0.05, 0.1) is 0 Å². The average molecular weight is 913 g/mol. The minimum atomic E-state index is -1.01. The highest BCUT2D eigenvalue weighted by atomic mass is 16.6. The van der Waals surface area contributed by atoms with Gasteiger partial charge in [0.15, 0.2) is 0 Å². The van der Waals surface area contributed by atoms with E-state index in [1.807, 2.05) is 0 Å². The Kier molecular flexibility index (Phi) is 27.5. The molecule has 0 aliphatic heterocycles. The van der Waals surface area contributed by atoms with Gasteiger partial charge in [-0.25, -0.2) is 19.2 Å². The normalized spacial score (nSPS) is 32.5. The van der Waals surface area contributed by atoms with Gasteiger partial charge >= 0.3 is 23.9 Å². The largest absolute Gasteiger partial charge is 0.460 e. The van der Waals surface area contributed by atoms with E-state index >= 15 is 0 Å². The fourth-order valence-corrected chi connectivity index (χ4v) is 9.99. The number of aliphatic hydroxyl groups is 4. The fourth-order valence-electron chi connectivity index (χ4n) is 9.99. The summed E-state index contributed by atoms with van der Waals surface area (Å²) in [4.78, 5) is 45.7. The average Bonchev–Trinajstić information content (AvgIpc) is 3.18. The van der Waals surface area contributed by atoms with Crippen molar-refractivity contribution in [2.75, 3.05) is 0 Å². The molecule has 376 valence electrons. The van der Waals surface area contributed by atoms with Crippen molar-refractivity contribution >= 4 is 23.9 Å². The van der Waals surface area contributed by atoms with Crippen LogP contribution in [0, 0.1) is 71.0 Å². The van der Waals surface area contributed by atoms with Crippen LogP contribution in [0.3, 0.4) is 0 Å². The smallest absolute Gasteiger partial charge is 0.334 e. The predicted molar refractivity (Wildman–Crippen MR) is 252 cm³/mol. The lowest BCUT2D eigenvalue weighted by Gasteiger charge is -2.36. The molecule has 0 radical (unpaired) electrons. The monoisotopic (exact) mass is 913 g/mol. The number of aliphatic hydroxyl groups excluding tert-OH is 4. The van der Waals surface area contributed by atoms with E-state index in [0.717, 1.165) is 51.4 Å². The lowest BCUT2D eigenvalue weighted by molar-refractivity contribution is -0.165. The van der Waals surface area contributed by atoms with E-state index < -0.39 is 48.3 Å². The van der Waals surface area contributed by atoms with Gasteiger partial charge in [-0.3, -0.25) is 0 Å². The summed E-state index contributed by atoms with van der Waals surface area (Å²) in [5.74, 6) is 4.41. The molecule has 16 atom stereocenters. The topological polar surface area (TPSA) is 186 Å². The molecule has 4 N–H and O–H groups in total. The Morgan fingerprint density at radius 2 is 0.484 bits per heavy atom. The molecule has 4 saturated carbocycles. The zero-order valence-electron chi connectivity index (χ0n) is 43.1. The Morgan fingerprint density at radius 3 is 0.609 bits per heavy atom. The summed E-state index contributed by atoms with van der Waals surface area (Å²) >= 11 is 0.